The van der Waals surface area contributed by atoms with E-state index in [4.69, 9.17) is 0 Å². The number of rotatable bonds is 2. The van der Waals surface area contributed by atoms with E-state index in [-0.39, 0.29) is 5.91 Å². The summed E-state index contributed by atoms with van der Waals surface area (Å²) in [6, 6.07) is 3.47. The highest BCUT2D eigenvalue weighted by Crippen LogP contribution is 2.08. The Morgan fingerprint density at radius 3 is 3.07 bits per heavy atom. The monoisotopic (exact) mass is 202 g/mol. The first-order valence-corrected chi connectivity index (χ1v) is 4.49. The summed E-state index contributed by atoms with van der Waals surface area (Å²) in [6.07, 6.45) is 4.82. The van der Waals surface area contributed by atoms with Crippen molar-refractivity contribution in [1.82, 2.24) is 15.2 Å². The standard InChI is InChI=1S/C10H10N4O/c1-7-9(3-2-4-11-7)10(15)14-8-5-12-13-6-8/h2-6H,1H3,(H,12,13)(H,14,15). The van der Waals surface area contributed by atoms with Gasteiger partial charge in [-0.1, -0.05) is 0 Å². The van der Waals surface area contributed by atoms with Gasteiger partial charge in [0.15, 0.2) is 0 Å². The van der Waals surface area contributed by atoms with E-state index in [1.54, 1.807) is 37.6 Å². The minimum atomic E-state index is -0.179. The molecule has 2 rings (SSSR count). The molecule has 1 amide bonds. The number of amides is 1. The number of aryl methyl sites for hydroxylation is 1. The van der Waals surface area contributed by atoms with Crippen molar-refractivity contribution in [2.75, 3.05) is 5.32 Å². The Labute approximate surface area is 86.5 Å². The SMILES string of the molecule is Cc1ncccc1C(=O)Nc1cn[nH]c1. The first-order valence-electron chi connectivity index (χ1n) is 4.49. The summed E-state index contributed by atoms with van der Waals surface area (Å²) in [4.78, 5) is 15.8. The number of aromatic amines is 1. The maximum atomic E-state index is 11.7. The molecule has 2 aromatic heterocycles. The largest absolute Gasteiger partial charge is 0.319 e. The highest BCUT2D eigenvalue weighted by atomic mass is 16.1. The Bertz CT molecular complexity index is 464. The van der Waals surface area contributed by atoms with Crippen LogP contribution in [0.2, 0.25) is 0 Å². The third-order valence-electron chi connectivity index (χ3n) is 2.01. The lowest BCUT2D eigenvalue weighted by molar-refractivity contribution is 0.102. The van der Waals surface area contributed by atoms with Gasteiger partial charge in [0.25, 0.3) is 5.91 Å². The number of hydrogen-bond acceptors (Lipinski definition) is 3. The lowest BCUT2D eigenvalue weighted by Gasteiger charge is -2.03. The summed E-state index contributed by atoms with van der Waals surface area (Å²) in [5.41, 5.74) is 1.92. The Balaban J connectivity index is 2.19. The van der Waals surface area contributed by atoms with Crippen molar-refractivity contribution in [3.05, 3.63) is 42.0 Å². The number of carbonyl (C=O) groups excluding carboxylic acids is 1. The molecule has 2 N–H and O–H groups in total. The summed E-state index contributed by atoms with van der Waals surface area (Å²) >= 11 is 0. The first-order chi connectivity index (χ1) is 7.27. The Morgan fingerprint density at radius 1 is 1.53 bits per heavy atom. The number of nitrogens with zero attached hydrogens (tertiary/aromatic N) is 2. The molecule has 0 fully saturated rings. The van der Waals surface area contributed by atoms with Gasteiger partial charge >= 0.3 is 0 Å². The van der Waals surface area contributed by atoms with Gasteiger partial charge in [-0.05, 0) is 19.1 Å². The van der Waals surface area contributed by atoms with Crippen molar-refractivity contribution in [3.63, 3.8) is 0 Å². The molecular formula is C10H10N4O. The quantitative estimate of drug-likeness (QED) is 0.772. The van der Waals surface area contributed by atoms with E-state index in [0.29, 0.717) is 16.9 Å². The molecular weight excluding hydrogens is 192 g/mol. The topological polar surface area (TPSA) is 70.7 Å². The molecule has 5 heteroatoms. The summed E-state index contributed by atoms with van der Waals surface area (Å²) in [5.74, 6) is -0.179. The van der Waals surface area contributed by atoms with Crippen LogP contribution >= 0.6 is 0 Å². The number of pyridine rings is 1. The zero-order valence-corrected chi connectivity index (χ0v) is 8.19. The van der Waals surface area contributed by atoms with Crippen LogP contribution in [0.1, 0.15) is 16.1 Å². The van der Waals surface area contributed by atoms with E-state index in [2.05, 4.69) is 20.5 Å². The van der Waals surface area contributed by atoms with Gasteiger partial charge in [-0.25, -0.2) is 0 Å². The van der Waals surface area contributed by atoms with E-state index < -0.39 is 0 Å². The second kappa shape index (κ2) is 3.91. The third kappa shape index (κ3) is 2.01. The fourth-order valence-corrected chi connectivity index (χ4v) is 1.24. The maximum Gasteiger partial charge on any atom is 0.257 e. The van der Waals surface area contributed by atoms with Crippen LogP contribution in [0.3, 0.4) is 0 Å². The van der Waals surface area contributed by atoms with Crippen LogP contribution in [-0.2, 0) is 0 Å². The third-order valence-corrected chi connectivity index (χ3v) is 2.01. The number of nitrogens with one attached hydrogen (secondary N) is 2. The molecule has 0 aromatic carbocycles. The van der Waals surface area contributed by atoms with Crippen molar-refractivity contribution in [2.45, 2.75) is 6.92 Å². The van der Waals surface area contributed by atoms with Crippen LogP contribution in [0, 0.1) is 6.92 Å². The van der Waals surface area contributed by atoms with Crippen molar-refractivity contribution in [1.29, 1.82) is 0 Å². The first kappa shape index (κ1) is 9.39. The van der Waals surface area contributed by atoms with Crippen molar-refractivity contribution >= 4 is 11.6 Å². The smallest absolute Gasteiger partial charge is 0.257 e. The van der Waals surface area contributed by atoms with E-state index in [1.165, 1.54) is 0 Å². The molecule has 0 atom stereocenters. The Kier molecular flexibility index (Phi) is 2.45. The number of carbonyl (C=O) groups is 1. The summed E-state index contributed by atoms with van der Waals surface area (Å²) in [7, 11) is 0. The second-order valence-electron chi connectivity index (χ2n) is 3.08. The van der Waals surface area contributed by atoms with E-state index in [1.807, 2.05) is 0 Å². The molecule has 0 aliphatic rings. The maximum absolute atomic E-state index is 11.7. The fraction of sp³-hybridized carbons (Fsp3) is 0.100. The van der Waals surface area contributed by atoms with Gasteiger partial charge in [-0.2, -0.15) is 5.10 Å². The molecule has 0 radical (unpaired) electrons. The molecule has 0 aliphatic carbocycles. The number of H-pyrrole nitrogens is 1. The molecule has 76 valence electrons. The van der Waals surface area contributed by atoms with Gasteiger partial charge in [-0.15, -0.1) is 0 Å². The number of hydrogen-bond donors (Lipinski definition) is 2. The summed E-state index contributed by atoms with van der Waals surface area (Å²) < 4.78 is 0. The Morgan fingerprint density at radius 2 is 2.40 bits per heavy atom. The van der Waals surface area contributed by atoms with Crippen LogP contribution in [0.5, 0.6) is 0 Å². The van der Waals surface area contributed by atoms with Gasteiger partial charge in [-0.3, -0.25) is 14.9 Å². The molecule has 2 heterocycles. The molecule has 0 bridgehead atoms. The number of anilines is 1. The predicted molar refractivity (Wildman–Crippen MR) is 55.5 cm³/mol. The fourth-order valence-electron chi connectivity index (χ4n) is 1.24. The zero-order valence-electron chi connectivity index (χ0n) is 8.19. The van der Waals surface area contributed by atoms with E-state index >= 15 is 0 Å². The Hall–Kier alpha value is -2.17. The molecule has 0 spiro atoms. The van der Waals surface area contributed by atoms with Crippen LogP contribution < -0.4 is 5.32 Å². The van der Waals surface area contributed by atoms with Gasteiger partial charge < -0.3 is 5.32 Å². The van der Waals surface area contributed by atoms with Crippen LogP contribution in [-0.4, -0.2) is 21.1 Å². The normalized spacial score (nSPS) is 9.93. The predicted octanol–water partition coefficient (Wildman–Crippen LogP) is 1.37. The van der Waals surface area contributed by atoms with Gasteiger partial charge in [0.2, 0.25) is 0 Å². The minimum Gasteiger partial charge on any atom is -0.319 e. The summed E-state index contributed by atoms with van der Waals surface area (Å²) in [6.45, 7) is 1.80. The highest BCUT2D eigenvalue weighted by molar-refractivity contribution is 6.04. The average Bonchev–Trinajstić information content (AvgIpc) is 2.71. The molecule has 0 saturated heterocycles. The highest BCUT2D eigenvalue weighted by Gasteiger charge is 2.09. The molecule has 0 saturated carbocycles. The molecule has 5 nitrogen and oxygen atoms in total. The van der Waals surface area contributed by atoms with Crippen molar-refractivity contribution in [3.8, 4) is 0 Å². The van der Waals surface area contributed by atoms with E-state index in [0.717, 1.165) is 0 Å². The van der Waals surface area contributed by atoms with Crippen LogP contribution in [0.15, 0.2) is 30.7 Å². The van der Waals surface area contributed by atoms with Gasteiger partial charge in [0.1, 0.15) is 0 Å². The molecule has 0 unspecified atom stereocenters. The lowest BCUT2D eigenvalue weighted by atomic mass is 10.2. The second-order valence-corrected chi connectivity index (χ2v) is 3.08. The molecule has 2 aromatic rings. The van der Waals surface area contributed by atoms with Crippen LogP contribution in [0.4, 0.5) is 5.69 Å². The van der Waals surface area contributed by atoms with Gasteiger partial charge in [0.05, 0.1) is 17.4 Å². The molecule has 0 aliphatic heterocycles. The zero-order chi connectivity index (χ0) is 10.7. The average molecular weight is 202 g/mol. The summed E-state index contributed by atoms with van der Waals surface area (Å²) in [5, 5.41) is 9.06. The van der Waals surface area contributed by atoms with Crippen LogP contribution in [0.25, 0.3) is 0 Å². The minimum absolute atomic E-state index is 0.179. The molecule has 15 heavy (non-hydrogen) atoms. The van der Waals surface area contributed by atoms with Crippen molar-refractivity contribution < 1.29 is 4.79 Å². The van der Waals surface area contributed by atoms with E-state index in [9.17, 15) is 4.79 Å². The van der Waals surface area contributed by atoms with Gasteiger partial charge in [0, 0.05) is 18.1 Å². The lowest BCUT2D eigenvalue weighted by Crippen LogP contribution is -2.13. The number of aromatic nitrogens is 3. The van der Waals surface area contributed by atoms with Crippen molar-refractivity contribution in [2.24, 2.45) is 0 Å².